The van der Waals surface area contributed by atoms with Gasteiger partial charge in [-0.1, -0.05) is 23.1 Å². The number of hydrogen-bond acceptors (Lipinski definition) is 7. The van der Waals surface area contributed by atoms with E-state index in [-0.39, 0.29) is 5.56 Å². The smallest absolute Gasteiger partial charge is 0.147 e. The Kier molecular flexibility index (Phi) is 5.62. The van der Waals surface area contributed by atoms with Crippen LogP contribution < -0.4 is 11.2 Å². The summed E-state index contributed by atoms with van der Waals surface area (Å²) in [6.07, 6.45) is 1.52. The molecule has 150 valence electrons. The van der Waals surface area contributed by atoms with Crippen molar-refractivity contribution >= 4 is 28.6 Å². The monoisotopic (exact) mass is 431 g/mol. The van der Waals surface area contributed by atoms with Crippen LogP contribution in [0.5, 0.6) is 0 Å². The second-order valence-corrected chi connectivity index (χ2v) is 9.06. The molecule has 1 unspecified atom stereocenters. The molecular weight excluding hydrogens is 412 g/mol. The van der Waals surface area contributed by atoms with E-state index in [0.717, 1.165) is 46.1 Å². The van der Waals surface area contributed by atoms with Gasteiger partial charge in [0.1, 0.15) is 26.5 Å². The second-order valence-electron chi connectivity index (χ2n) is 6.73. The number of thioether (sulfide) groups is 1. The Bertz CT molecular complexity index is 1060. The predicted molar refractivity (Wildman–Crippen MR) is 115 cm³/mol. The van der Waals surface area contributed by atoms with Gasteiger partial charge < -0.3 is 5.73 Å². The van der Waals surface area contributed by atoms with Gasteiger partial charge in [-0.2, -0.15) is 5.10 Å². The molecule has 9 heteroatoms. The molecule has 29 heavy (non-hydrogen) atoms. The number of aromatic nitrogens is 2. The summed E-state index contributed by atoms with van der Waals surface area (Å²) in [5.74, 6) is -0.975. The predicted octanol–water partition coefficient (Wildman–Crippen LogP) is 4.63. The Labute approximate surface area is 175 Å². The van der Waals surface area contributed by atoms with E-state index >= 15 is 0 Å². The molecular formula is C20H19F2N5S2. The average molecular weight is 432 g/mol. The van der Waals surface area contributed by atoms with E-state index in [9.17, 15) is 8.78 Å². The maximum atomic E-state index is 14.5. The second kappa shape index (κ2) is 8.17. The molecule has 1 aliphatic heterocycles. The minimum Gasteiger partial charge on any atom is -0.330 e. The van der Waals surface area contributed by atoms with Gasteiger partial charge in [0.25, 0.3) is 0 Å². The number of nitrogens with one attached hydrogen (secondary N) is 1. The molecule has 2 aromatic carbocycles. The van der Waals surface area contributed by atoms with Crippen LogP contribution in [0.15, 0.2) is 41.5 Å². The molecule has 0 spiro atoms. The number of halogens is 2. The fourth-order valence-corrected chi connectivity index (χ4v) is 4.87. The molecule has 0 saturated heterocycles. The largest absolute Gasteiger partial charge is 0.330 e. The molecule has 5 nitrogen and oxygen atoms in total. The number of nitrogens with zero attached hydrogens (tertiary/aromatic N) is 3. The lowest BCUT2D eigenvalue weighted by atomic mass is 9.94. The first-order valence-electron chi connectivity index (χ1n) is 9.09. The van der Waals surface area contributed by atoms with Crippen LogP contribution in [0.25, 0.3) is 21.7 Å². The average Bonchev–Trinajstić information content (AvgIpc) is 3.38. The minimum absolute atomic E-state index is 0.201. The first-order chi connectivity index (χ1) is 14.0. The summed E-state index contributed by atoms with van der Waals surface area (Å²) < 4.78 is 28.4. The lowest BCUT2D eigenvalue weighted by Gasteiger charge is -2.29. The fourth-order valence-electron chi connectivity index (χ4n) is 3.29. The third kappa shape index (κ3) is 4.03. The zero-order valence-electron chi connectivity index (χ0n) is 15.7. The van der Waals surface area contributed by atoms with Gasteiger partial charge in [-0.25, -0.2) is 8.78 Å². The fraction of sp³-hybridized carbons (Fsp3) is 0.250. The van der Waals surface area contributed by atoms with Gasteiger partial charge in [-0.05, 0) is 73.8 Å². The van der Waals surface area contributed by atoms with E-state index in [1.807, 2.05) is 25.1 Å². The summed E-state index contributed by atoms with van der Waals surface area (Å²) in [5.41, 5.74) is 13.1. The molecule has 0 bridgehead atoms. The van der Waals surface area contributed by atoms with Crippen molar-refractivity contribution in [3.05, 3.63) is 58.6 Å². The maximum Gasteiger partial charge on any atom is 0.147 e. The molecule has 2 heterocycles. The van der Waals surface area contributed by atoms with Crippen LogP contribution in [0, 0.1) is 18.6 Å². The van der Waals surface area contributed by atoms with Crippen molar-refractivity contribution in [2.45, 2.75) is 24.6 Å². The Morgan fingerprint density at radius 2 is 1.93 bits per heavy atom. The van der Waals surface area contributed by atoms with Crippen LogP contribution in [0.1, 0.15) is 23.4 Å². The van der Waals surface area contributed by atoms with Crippen molar-refractivity contribution in [2.75, 3.05) is 6.54 Å². The molecule has 0 fully saturated rings. The first-order valence-corrected chi connectivity index (χ1v) is 10.8. The standard InChI is InChI=1S/C20H19F2N5S2/c1-12-25-26-19(29-12)14-7-13(17-10-16(21)3-4-18(17)22)8-15(9-14)20(5-2-6-23)27-24-11-28-20/h3-4,7-11,27H,2,5-6,23H2,1H3. The Hall–Kier alpha value is -2.36. The highest BCUT2D eigenvalue weighted by molar-refractivity contribution is 8.13. The highest BCUT2D eigenvalue weighted by Crippen LogP contribution is 2.43. The molecule has 1 aliphatic rings. The van der Waals surface area contributed by atoms with Crippen LogP contribution in [0.2, 0.25) is 0 Å². The number of hydrogen-bond donors (Lipinski definition) is 2. The normalized spacial score (nSPS) is 18.2. The highest BCUT2D eigenvalue weighted by atomic mass is 32.2. The molecule has 1 aromatic heterocycles. The Morgan fingerprint density at radius 1 is 1.10 bits per heavy atom. The van der Waals surface area contributed by atoms with Gasteiger partial charge in [0.05, 0.1) is 5.55 Å². The van der Waals surface area contributed by atoms with Crippen LogP contribution in [-0.4, -0.2) is 22.3 Å². The molecule has 0 aliphatic carbocycles. The quantitative estimate of drug-likeness (QED) is 0.595. The SMILES string of the molecule is Cc1nnc(-c2cc(-c3cc(F)ccc3F)cc(C3(CCCN)NN=CS3)c2)s1. The number of aryl methyl sites for hydroxylation is 1. The van der Waals surface area contributed by atoms with E-state index in [1.165, 1.54) is 17.4 Å². The third-order valence-electron chi connectivity index (χ3n) is 4.70. The van der Waals surface area contributed by atoms with Crippen molar-refractivity contribution in [3.63, 3.8) is 0 Å². The summed E-state index contributed by atoms with van der Waals surface area (Å²) in [7, 11) is 0. The summed E-state index contributed by atoms with van der Waals surface area (Å²) >= 11 is 3.00. The van der Waals surface area contributed by atoms with Crippen molar-refractivity contribution < 1.29 is 8.78 Å². The molecule has 3 N–H and O–H groups in total. The molecule has 4 rings (SSSR count). The topological polar surface area (TPSA) is 76.2 Å². The van der Waals surface area contributed by atoms with Crippen molar-refractivity contribution in [1.29, 1.82) is 0 Å². The van der Waals surface area contributed by atoms with Crippen LogP contribution in [-0.2, 0) is 4.87 Å². The van der Waals surface area contributed by atoms with Crippen LogP contribution in [0.4, 0.5) is 8.78 Å². The molecule has 0 radical (unpaired) electrons. The van der Waals surface area contributed by atoms with E-state index < -0.39 is 16.5 Å². The molecule has 0 amide bonds. The molecule has 3 aromatic rings. The van der Waals surface area contributed by atoms with Gasteiger partial charge in [0.2, 0.25) is 0 Å². The van der Waals surface area contributed by atoms with E-state index in [0.29, 0.717) is 12.1 Å². The van der Waals surface area contributed by atoms with Gasteiger partial charge in [-0.15, -0.1) is 10.2 Å². The lowest BCUT2D eigenvalue weighted by molar-refractivity contribution is 0.465. The summed E-state index contributed by atoms with van der Waals surface area (Å²) in [6, 6.07) is 9.16. The first kappa shape index (κ1) is 19.9. The van der Waals surface area contributed by atoms with E-state index in [4.69, 9.17) is 5.73 Å². The zero-order valence-corrected chi connectivity index (χ0v) is 17.3. The van der Waals surface area contributed by atoms with Crippen molar-refractivity contribution in [3.8, 4) is 21.7 Å². The maximum absolute atomic E-state index is 14.5. The van der Waals surface area contributed by atoms with Gasteiger partial charge >= 0.3 is 0 Å². The zero-order chi connectivity index (χ0) is 20.4. The number of benzene rings is 2. The third-order valence-corrected chi connectivity index (χ3v) is 6.73. The summed E-state index contributed by atoms with van der Waals surface area (Å²) in [5, 5.41) is 14.1. The summed E-state index contributed by atoms with van der Waals surface area (Å²) in [4.78, 5) is -0.520. The highest BCUT2D eigenvalue weighted by Gasteiger charge is 2.35. The number of hydrazone groups is 1. The number of rotatable bonds is 6. The van der Waals surface area contributed by atoms with Gasteiger partial charge in [-0.3, -0.25) is 5.43 Å². The van der Waals surface area contributed by atoms with Crippen molar-refractivity contribution in [2.24, 2.45) is 10.8 Å². The van der Waals surface area contributed by atoms with Crippen molar-refractivity contribution in [1.82, 2.24) is 15.6 Å². The van der Waals surface area contributed by atoms with E-state index in [2.05, 4.69) is 20.7 Å². The molecule has 0 saturated carbocycles. The Balaban J connectivity index is 1.90. The minimum atomic E-state index is -0.520. The van der Waals surface area contributed by atoms with Gasteiger partial charge in [0, 0.05) is 11.1 Å². The van der Waals surface area contributed by atoms with E-state index in [1.54, 1.807) is 17.3 Å². The molecule has 1 atom stereocenters. The van der Waals surface area contributed by atoms with Crippen LogP contribution in [0.3, 0.4) is 0 Å². The van der Waals surface area contributed by atoms with Gasteiger partial charge in [0.15, 0.2) is 0 Å². The van der Waals surface area contributed by atoms with Crippen LogP contribution >= 0.6 is 23.1 Å². The lowest BCUT2D eigenvalue weighted by Crippen LogP contribution is -2.33. The Morgan fingerprint density at radius 3 is 2.62 bits per heavy atom. The number of nitrogens with two attached hydrogens (primary N) is 1. The summed E-state index contributed by atoms with van der Waals surface area (Å²) in [6.45, 7) is 2.42.